The zero-order valence-electron chi connectivity index (χ0n) is 13.2. The molecule has 2 rings (SSSR count). The van der Waals surface area contributed by atoms with Crippen molar-refractivity contribution in [2.45, 2.75) is 25.9 Å². The van der Waals surface area contributed by atoms with E-state index in [1.807, 2.05) is 56.3 Å². The summed E-state index contributed by atoms with van der Waals surface area (Å²) in [4.78, 5) is 18.3. The second-order valence-electron chi connectivity index (χ2n) is 5.39. The van der Waals surface area contributed by atoms with Crippen LogP contribution in [0.4, 0.5) is 10.6 Å². The number of carbonyl (C=O) groups excluding carboxylic acids is 1. The van der Waals surface area contributed by atoms with Crippen LogP contribution in [0.5, 0.6) is 0 Å². The first-order chi connectivity index (χ1) is 10.5. The third-order valence-electron chi connectivity index (χ3n) is 3.15. The number of nitrogens with zero attached hydrogens (tertiary/aromatic N) is 2. The summed E-state index contributed by atoms with van der Waals surface area (Å²) in [6, 6.07) is 9.26. The van der Waals surface area contributed by atoms with Crippen LogP contribution in [0.25, 0.3) is 0 Å². The van der Waals surface area contributed by atoms with Crippen molar-refractivity contribution in [2.75, 3.05) is 19.0 Å². The molecule has 22 heavy (non-hydrogen) atoms. The molecule has 1 atom stereocenters. The van der Waals surface area contributed by atoms with Gasteiger partial charge in [0.15, 0.2) is 0 Å². The number of hydrogen-bond acceptors (Lipinski definition) is 4. The first kappa shape index (κ1) is 15.9. The number of carbonyl (C=O) groups is 1. The SMILES string of the molecule is C[C@@H](Cc1ccco1)NC(=O)NCc1cccc(N(C)C)n1. The Balaban J connectivity index is 1.78. The van der Waals surface area contributed by atoms with E-state index in [1.54, 1.807) is 6.26 Å². The van der Waals surface area contributed by atoms with Gasteiger partial charge in [0.25, 0.3) is 0 Å². The first-order valence-corrected chi connectivity index (χ1v) is 7.24. The van der Waals surface area contributed by atoms with Crippen LogP contribution in [0.2, 0.25) is 0 Å². The van der Waals surface area contributed by atoms with Crippen LogP contribution < -0.4 is 15.5 Å². The number of amides is 2. The van der Waals surface area contributed by atoms with E-state index in [1.165, 1.54) is 0 Å². The second-order valence-corrected chi connectivity index (χ2v) is 5.39. The maximum atomic E-state index is 11.9. The number of urea groups is 1. The molecule has 118 valence electrons. The minimum atomic E-state index is -0.212. The molecule has 6 nitrogen and oxygen atoms in total. The summed E-state index contributed by atoms with van der Waals surface area (Å²) in [5.74, 6) is 1.72. The lowest BCUT2D eigenvalue weighted by molar-refractivity contribution is 0.237. The number of pyridine rings is 1. The summed E-state index contributed by atoms with van der Waals surface area (Å²) in [5, 5.41) is 5.69. The van der Waals surface area contributed by atoms with Gasteiger partial charge >= 0.3 is 6.03 Å². The van der Waals surface area contributed by atoms with Gasteiger partial charge in [-0.2, -0.15) is 0 Å². The third kappa shape index (κ3) is 4.80. The topological polar surface area (TPSA) is 70.4 Å². The Morgan fingerprint density at radius 3 is 2.82 bits per heavy atom. The Morgan fingerprint density at radius 2 is 2.14 bits per heavy atom. The lowest BCUT2D eigenvalue weighted by Crippen LogP contribution is -2.41. The smallest absolute Gasteiger partial charge is 0.315 e. The molecule has 6 heteroatoms. The summed E-state index contributed by atoms with van der Waals surface area (Å²) in [6.45, 7) is 2.33. The van der Waals surface area contributed by atoms with Crippen LogP contribution in [0, 0.1) is 0 Å². The molecule has 0 saturated heterocycles. The van der Waals surface area contributed by atoms with Gasteiger partial charge in [0.05, 0.1) is 18.5 Å². The van der Waals surface area contributed by atoms with Crippen LogP contribution in [-0.2, 0) is 13.0 Å². The van der Waals surface area contributed by atoms with Crippen molar-refractivity contribution in [3.63, 3.8) is 0 Å². The van der Waals surface area contributed by atoms with Gasteiger partial charge in [0.2, 0.25) is 0 Å². The summed E-state index contributed by atoms with van der Waals surface area (Å²) >= 11 is 0. The molecule has 0 fully saturated rings. The molecule has 2 amide bonds. The van der Waals surface area contributed by atoms with Gasteiger partial charge in [0.1, 0.15) is 11.6 Å². The standard InChI is InChI=1S/C16H22N4O2/c1-12(10-14-7-5-9-22-14)18-16(21)17-11-13-6-4-8-15(19-13)20(2)3/h4-9,12H,10-11H2,1-3H3,(H2,17,18,21)/t12-/m0/s1. The molecule has 0 radical (unpaired) electrons. The molecule has 2 aromatic rings. The normalized spacial score (nSPS) is 11.8. The van der Waals surface area contributed by atoms with Crippen molar-refractivity contribution in [3.05, 3.63) is 48.0 Å². The second kappa shape index (κ2) is 7.49. The van der Waals surface area contributed by atoms with Crippen LogP contribution in [0.1, 0.15) is 18.4 Å². The van der Waals surface area contributed by atoms with Crippen molar-refractivity contribution in [1.29, 1.82) is 0 Å². The van der Waals surface area contributed by atoms with E-state index < -0.39 is 0 Å². The monoisotopic (exact) mass is 302 g/mol. The Labute approximate surface area is 130 Å². The van der Waals surface area contributed by atoms with E-state index >= 15 is 0 Å². The lowest BCUT2D eigenvalue weighted by atomic mass is 10.2. The Morgan fingerprint density at radius 1 is 1.32 bits per heavy atom. The zero-order valence-corrected chi connectivity index (χ0v) is 13.2. The molecule has 0 aromatic carbocycles. The molecule has 0 saturated carbocycles. The van der Waals surface area contributed by atoms with Gasteiger partial charge in [-0.1, -0.05) is 6.07 Å². The van der Waals surface area contributed by atoms with Gasteiger partial charge < -0.3 is 20.0 Å². The number of anilines is 1. The van der Waals surface area contributed by atoms with Crippen LogP contribution in [0.15, 0.2) is 41.0 Å². The molecule has 0 bridgehead atoms. The number of aromatic nitrogens is 1. The van der Waals surface area contributed by atoms with Crippen molar-refractivity contribution < 1.29 is 9.21 Å². The quantitative estimate of drug-likeness (QED) is 0.858. The predicted octanol–water partition coefficient (Wildman–Crippen LogP) is 2.17. The summed E-state index contributed by atoms with van der Waals surface area (Å²) in [6.07, 6.45) is 2.29. The predicted molar refractivity (Wildman–Crippen MR) is 85.8 cm³/mol. The summed E-state index contributed by atoms with van der Waals surface area (Å²) in [7, 11) is 3.87. The van der Waals surface area contributed by atoms with E-state index in [9.17, 15) is 4.79 Å². The zero-order chi connectivity index (χ0) is 15.9. The van der Waals surface area contributed by atoms with Crippen LogP contribution >= 0.6 is 0 Å². The van der Waals surface area contributed by atoms with Gasteiger partial charge in [0, 0.05) is 26.6 Å². The van der Waals surface area contributed by atoms with E-state index in [-0.39, 0.29) is 12.1 Å². The largest absolute Gasteiger partial charge is 0.469 e. The highest BCUT2D eigenvalue weighted by Crippen LogP contribution is 2.07. The maximum Gasteiger partial charge on any atom is 0.315 e. The van der Waals surface area contributed by atoms with E-state index in [4.69, 9.17) is 4.42 Å². The van der Waals surface area contributed by atoms with E-state index in [0.717, 1.165) is 17.3 Å². The molecule has 0 spiro atoms. The highest BCUT2D eigenvalue weighted by Gasteiger charge is 2.09. The average molecular weight is 302 g/mol. The van der Waals surface area contributed by atoms with Crippen molar-refractivity contribution in [2.24, 2.45) is 0 Å². The fourth-order valence-corrected chi connectivity index (χ4v) is 2.04. The lowest BCUT2D eigenvalue weighted by Gasteiger charge is -2.14. The molecule has 0 aliphatic heterocycles. The number of hydrogen-bond donors (Lipinski definition) is 2. The first-order valence-electron chi connectivity index (χ1n) is 7.24. The van der Waals surface area contributed by atoms with Gasteiger partial charge in [-0.3, -0.25) is 0 Å². The summed E-state index contributed by atoms with van der Waals surface area (Å²) in [5.41, 5.74) is 0.819. The Hall–Kier alpha value is -2.50. The molecule has 0 aliphatic rings. The molecule has 2 heterocycles. The molecule has 0 aliphatic carbocycles. The fraction of sp³-hybridized carbons (Fsp3) is 0.375. The van der Waals surface area contributed by atoms with Crippen molar-refractivity contribution in [3.8, 4) is 0 Å². The molecule has 2 aromatic heterocycles. The van der Waals surface area contributed by atoms with Crippen molar-refractivity contribution in [1.82, 2.24) is 15.6 Å². The van der Waals surface area contributed by atoms with Gasteiger partial charge in [-0.25, -0.2) is 9.78 Å². The Bertz CT molecular complexity index is 596. The highest BCUT2D eigenvalue weighted by molar-refractivity contribution is 5.74. The third-order valence-corrected chi connectivity index (χ3v) is 3.15. The van der Waals surface area contributed by atoms with Crippen LogP contribution in [0.3, 0.4) is 0 Å². The Kier molecular flexibility index (Phi) is 5.41. The van der Waals surface area contributed by atoms with E-state index in [0.29, 0.717) is 13.0 Å². The molecule has 2 N–H and O–H groups in total. The van der Waals surface area contributed by atoms with E-state index in [2.05, 4.69) is 15.6 Å². The molecule has 0 unspecified atom stereocenters. The fourth-order valence-electron chi connectivity index (χ4n) is 2.04. The van der Waals surface area contributed by atoms with Gasteiger partial charge in [-0.05, 0) is 31.2 Å². The number of rotatable bonds is 6. The average Bonchev–Trinajstić information content (AvgIpc) is 2.98. The number of furan rings is 1. The maximum absolute atomic E-state index is 11.9. The minimum absolute atomic E-state index is 0.00720. The molecular weight excluding hydrogens is 280 g/mol. The van der Waals surface area contributed by atoms with Crippen LogP contribution in [-0.4, -0.2) is 31.2 Å². The highest BCUT2D eigenvalue weighted by atomic mass is 16.3. The van der Waals surface area contributed by atoms with Crippen molar-refractivity contribution >= 4 is 11.8 Å². The molecular formula is C16H22N4O2. The van der Waals surface area contributed by atoms with Gasteiger partial charge in [-0.15, -0.1) is 0 Å². The number of nitrogens with one attached hydrogen (secondary N) is 2. The minimum Gasteiger partial charge on any atom is -0.469 e. The summed E-state index contributed by atoms with van der Waals surface area (Å²) < 4.78 is 5.26.